The van der Waals surface area contributed by atoms with Gasteiger partial charge < -0.3 is 26.2 Å². The van der Waals surface area contributed by atoms with E-state index in [1.807, 2.05) is 6.92 Å². The van der Waals surface area contributed by atoms with E-state index in [1.54, 1.807) is 0 Å². The number of aliphatic hydroxyl groups excluding tert-OH is 2. The van der Waals surface area contributed by atoms with E-state index < -0.39 is 5.54 Å². The number of rotatable bonds is 6. The predicted molar refractivity (Wildman–Crippen MR) is 81.1 cm³/mol. The molecule has 118 valence electrons. The third-order valence-electron chi connectivity index (χ3n) is 3.94. The molecule has 0 aliphatic carbocycles. The quantitative estimate of drug-likeness (QED) is 0.578. The summed E-state index contributed by atoms with van der Waals surface area (Å²) in [7, 11) is 0. The van der Waals surface area contributed by atoms with Crippen LogP contribution >= 0.6 is 0 Å². The van der Waals surface area contributed by atoms with Crippen molar-refractivity contribution >= 4 is 17.8 Å². The number of aliphatic hydroxyl groups is 2. The fourth-order valence-electron chi connectivity index (χ4n) is 2.35. The van der Waals surface area contributed by atoms with E-state index >= 15 is 0 Å². The van der Waals surface area contributed by atoms with Gasteiger partial charge in [0.05, 0.1) is 18.8 Å². The van der Waals surface area contributed by atoms with Crippen LogP contribution in [0.4, 0.5) is 17.8 Å². The summed E-state index contributed by atoms with van der Waals surface area (Å²) in [4.78, 5) is 14.7. The SMILES string of the molecule is CCC(CO)(CO)Nc1nc(N)nc(N2CCCCC2)n1. The molecule has 1 aliphatic heterocycles. The zero-order valence-corrected chi connectivity index (χ0v) is 12.4. The van der Waals surface area contributed by atoms with Crippen molar-refractivity contribution in [1.82, 2.24) is 15.0 Å². The van der Waals surface area contributed by atoms with Crippen molar-refractivity contribution in [2.24, 2.45) is 0 Å². The molecule has 0 spiro atoms. The molecule has 1 fully saturated rings. The predicted octanol–water partition coefficient (Wildman–Crippen LogP) is -0.0106. The Morgan fingerprint density at radius 1 is 1.14 bits per heavy atom. The van der Waals surface area contributed by atoms with Gasteiger partial charge in [-0.2, -0.15) is 15.0 Å². The lowest BCUT2D eigenvalue weighted by Crippen LogP contribution is -2.46. The molecule has 0 unspecified atom stereocenters. The summed E-state index contributed by atoms with van der Waals surface area (Å²) in [6.07, 6.45) is 3.97. The molecular weight excluding hydrogens is 272 g/mol. The monoisotopic (exact) mass is 296 g/mol. The first-order valence-electron chi connectivity index (χ1n) is 7.39. The van der Waals surface area contributed by atoms with Crippen molar-refractivity contribution in [2.45, 2.75) is 38.1 Å². The van der Waals surface area contributed by atoms with Gasteiger partial charge in [0, 0.05) is 13.1 Å². The van der Waals surface area contributed by atoms with Crippen LogP contribution in [0.2, 0.25) is 0 Å². The minimum atomic E-state index is -0.854. The number of hydrogen-bond acceptors (Lipinski definition) is 8. The Hall–Kier alpha value is -1.67. The van der Waals surface area contributed by atoms with Crippen LogP contribution in [0, 0.1) is 0 Å². The number of piperidine rings is 1. The first-order valence-corrected chi connectivity index (χ1v) is 7.39. The van der Waals surface area contributed by atoms with Gasteiger partial charge in [-0.25, -0.2) is 0 Å². The number of nitrogens with one attached hydrogen (secondary N) is 1. The summed E-state index contributed by atoms with van der Waals surface area (Å²) in [5, 5.41) is 22.0. The number of nitrogens with zero attached hydrogens (tertiary/aromatic N) is 4. The van der Waals surface area contributed by atoms with Crippen molar-refractivity contribution < 1.29 is 10.2 Å². The minimum Gasteiger partial charge on any atom is -0.394 e. The molecule has 1 saturated heterocycles. The maximum absolute atomic E-state index is 9.49. The zero-order chi connectivity index (χ0) is 15.3. The Labute approximate surface area is 124 Å². The Bertz CT molecular complexity index is 452. The highest BCUT2D eigenvalue weighted by atomic mass is 16.3. The Balaban J connectivity index is 2.21. The molecule has 5 N–H and O–H groups in total. The molecule has 0 amide bonds. The summed E-state index contributed by atoms with van der Waals surface area (Å²) in [6.45, 7) is 3.24. The second kappa shape index (κ2) is 6.86. The molecule has 0 saturated carbocycles. The Morgan fingerprint density at radius 3 is 2.38 bits per heavy atom. The fourth-order valence-corrected chi connectivity index (χ4v) is 2.35. The molecule has 1 aromatic rings. The summed E-state index contributed by atoms with van der Waals surface area (Å²) in [5.74, 6) is 0.965. The average Bonchev–Trinajstić information content (AvgIpc) is 2.53. The van der Waals surface area contributed by atoms with E-state index in [0.29, 0.717) is 12.4 Å². The lowest BCUT2D eigenvalue weighted by atomic mass is 9.99. The molecule has 2 heterocycles. The van der Waals surface area contributed by atoms with Crippen LogP contribution in [0.5, 0.6) is 0 Å². The van der Waals surface area contributed by atoms with E-state index in [9.17, 15) is 10.2 Å². The van der Waals surface area contributed by atoms with Crippen molar-refractivity contribution in [2.75, 3.05) is 42.3 Å². The normalized spacial score (nSPS) is 16.0. The first-order chi connectivity index (χ1) is 10.1. The topological polar surface area (TPSA) is 120 Å². The van der Waals surface area contributed by atoms with Crippen LogP contribution < -0.4 is 16.0 Å². The van der Waals surface area contributed by atoms with E-state index in [4.69, 9.17) is 5.73 Å². The van der Waals surface area contributed by atoms with Gasteiger partial charge in [-0.1, -0.05) is 6.92 Å². The van der Waals surface area contributed by atoms with Gasteiger partial charge in [-0.05, 0) is 25.7 Å². The molecule has 0 radical (unpaired) electrons. The second-order valence-electron chi connectivity index (χ2n) is 5.44. The number of anilines is 3. The molecule has 8 nitrogen and oxygen atoms in total. The number of aromatic nitrogens is 3. The van der Waals surface area contributed by atoms with E-state index in [1.165, 1.54) is 6.42 Å². The molecular formula is C13H24N6O2. The molecule has 1 aromatic heterocycles. The molecule has 1 aliphatic rings. The van der Waals surface area contributed by atoms with Gasteiger partial charge in [0.2, 0.25) is 17.8 Å². The standard InChI is InChI=1S/C13H24N6O2/c1-2-13(8-20,9-21)18-11-15-10(14)16-12(17-11)19-6-4-3-5-7-19/h20-21H,2-9H2,1H3,(H3,14,15,16,17,18). The third-order valence-corrected chi connectivity index (χ3v) is 3.94. The average molecular weight is 296 g/mol. The molecule has 21 heavy (non-hydrogen) atoms. The maximum atomic E-state index is 9.49. The van der Waals surface area contributed by atoms with Crippen LogP contribution in [-0.4, -0.2) is 57.0 Å². The van der Waals surface area contributed by atoms with Crippen LogP contribution in [0.3, 0.4) is 0 Å². The molecule has 2 rings (SSSR count). The lowest BCUT2D eigenvalue weighted by Gasteiger charge is -2.31. The molecule has 8 heteroatoms. The van der Waals surface area contributed by atoms with Gasteiger partial charge in [0.1, 0.15) is 0 Å². The second-order valence-corrected chi connectivity index (χ2v) is 5.44. The number of nitrogen functional groups attached to an aromatic ring is 1. The van der Waals surface area contributed by atoms with Crippen LogP contribution in [-0.2, 0) is 0 Å². The third kappa shape index (κ3) is 3.70. The molecule has 0 aromatic carbocycles. The van der Waals surface area contributed by atoms with Gasteiger partial charge in [-0.3, -0.25) is 0 Å². The maximum Gasteiger partial charge on any atom is 0.231 e. The van der Waals surface area contributed by atoms with Gasteiger partial charge in [0.25, 0.3) is 0 Å². The van der Waals surface area contributed by atoms with Crippen LogP contribution in [0.1, 0.15) is 32.6 Å². The summed E-state index contributed by atoms with van der Waals surface area (Å²) in [5.41, 5.74) is 4.90. The van der Waals surface area contributed by atoms with E-state index in [-0.39, 0.29) is 25.1 Å². The smallest absolute Gasteiger partial charge is 0.231 e. The minimum absolute atomic E-state index is 0.133. The van der Waals surface area contributed by atoms with Gasteiger partial charge >= 0.3 is 0 Å². The molecule has 0 atom stereocenters. The van der Waals surface area contributed by atoms with Crippen molar-refractivity contribution in [3.05, 3.63) is 0 Å². The summed E-state index contributed by atoms with van der Waals surface area (Å²) in [6, 6.07) is 0. The van der Waals surface area contributed by atoms with Gasteiger partial charge in [0.15, 0.2) is 0 Å². The van der Waals surface area contributed by atoms with Crippen molar-refractivity contribution in [1.29, 1.82) is 0 Å². The number of hydrogen-bond donors (Lipinski definition) is 4. The van der Waals surface area contributed by atoms with Crippen LogP contribution in [0.25, 0.3) is 0 Å². The highest BCUT2D eigenvalue weighted by Gasteiger charge is 2.28. The van der Waals surface area contributed by atoms with E-state index in [2.05, 4.69) is 25.2 Å². The number of nitrogens with two attached hydrogens (primary N) is 1. The Kier molecular flexibility index (Phi) is 5.13. The van der Waals surface area contributed by atoms with Crippen molar-refractivity contribution in [3.63, 3.8) is 0 Å². The largest absolute Gasteiger partial charge is 0.394 e. The molecule has 0 bridgehead atoms. The zero-order valence-electron chi connectivity index (χ0n) is 12.4. The highest BCUT2D eigenvalue weighted by molar-refractivity contribution is 5.43. The lowest BCUT2D eigenvalue weighted by molar-refractivity contribution is 0.132. The van der Waals surface area contributed by atoms with Crippen LogP contribution in [0.15, 0.2) is 0 Å². The summed E-state index contributed by atoms with van der Waals surface area (Å²) >= 11 is 0. The first kappa shape index (κ1) is 15.7. The van der Waals surface area contributed by atoms with E-state index in [0.717, 1.165) is 25.9 Å². The Morgan fingerprint density at radius 2 is 1.81 bits per heavy atom. The summed E-state index contributed by atoms with van der Waals surface area (Å²) < 4.78 is 0. The van der Waals surface area contributed by atoms with Gasteiger partial charge in [-0.15, -0.1) is 0 Å². The van der Waals surface area contributed by atoms with Crippen molar-refractivity contribution in [3.8, 4) is 0 Å². The highest BCUT2D eigenvalue weighted by Crippen LogP contribution is 2.20. The fraction of sp³-hybridized carbons (Fsp3) is 0.769.